The van der Waals surface area contributed by atoms with Gasteiger partial charge in [-0.1, -0.05) is 32.8 Å². The molecule has 1 aromatic heterocycles. The fourth-order valence-electron chi connectivity index (χ4n) is 2.53. The number of hydrogen-bond acceptors (Lipinski definition) is 3. The van der Waals surface area contributed by atoms with Crippen LogP contribution in [0, 0.1) is 0 Å². The predicted octanol–water partition coefficient (Wildman–Crippen LogP) is 4.16. The van der Waals surface area contributed by atoms with Gasteiger partial charge >= 0.3 is 0 Å². The zero-order valence-corrected chi connectivity index (χ0v) is 12.7. The number of benzene rings is 1. The van der Waals surface area contributed by atoms with Crippen molar-refractivity contribution in [2.75, 3.05) is 12.3 Å². The van der Waals surface area contributed by atoms with E-state index in [1.54, 1.807) is 0 Å². The average molecular weight is 275 g/mol. The van der Waals surface area contributed by atoms with Gasteiger partial charge in [0.1, 0.15) is 11.3 Å². The second-order valence-electron chi connectivity index (χ2n) is 5.30. The molecule has 110 valence electrons. The van der Waals surface area contributed by atoms with Gasteiger partial charge in [-0.25, -0.2) is 4.98 Å². The standard InChI is InChI=1S/C16H25N3O/c1-4-6-8-12(3)19-13-9-7-10-14(20-11-5-2)15(13)18-16(19)17/h7,9-10,12H,4-6,8,11H2,1-3H3,(H2,17,18). The van der Waals surface area contributed by atoms with Gasteiger partial charge in [-0.05, 0) is 31.9 Å². The number of nitrogen functional groups attached to an aromatic ring is 1. The normalized spacial score (nSPS) is 12.8. The SMILES string of the molecule is CCCCC(C)n1c(N)nc2c(OCCC)cccc21. The Bertz CT molecular complexity index is 562. The summed E-state index contributed by atoms with van der Waals surface area (Å²) in [5, 5.41) is 0. The largest absolute Gasteiger partial charge is 0.491 e. The number of nitrogens with zero attached hydrogens (tertiary/aromatic N) is 2. The minimum Gasteiger partial charge on any atom is -0.491 e. The van der Waals surface area contributed by atoms with Crippen molar-refractivity contribution < 1.29 is 4.74 Å². The molecule has 2 N–H and O–H groups in total. The van der Waals surface area contributed by atoms with Crippen LogP contribution in [0.3, 0.4) is 0 Å². The van der Waals surface area contributed by atoms with Crippen molar-refractivity contribution in [1.82, 2.24) is 9.55 Å². The molecular formula is C16H25N3O. The van der Waals surface area contributed by atoms with Crippen molar-refractivity contribution in [1.29, 1.82) is 0 Å². The van der Waals surface area contributed by atoms with Crippen LogP contribution < -0.4 is 10.5 Å². The Morgan fingerprint density at radius 1 is 1.30 bits per heavy atom. The van der Waals surface area contributed by atoms with Gasteiger partial charge in [0.05, 0.1) is 12.1 Å². The van der Waals surface area contributed by atoms with Crippen molar-refractivity contribution in [3.63, 3.8) is 0 Å². The Labute approximate surface area is 120 Å². The van der Waals surface area contributed by atoms with Gasteiger partial charge in [0, 0.05) is 6.04 Å². The van der Waals surface area contributed by atoms with Crippen LogP contribution in [0.2, 0.25) is 0 Å². The van der Waals surface area contributed by atoms with Gasteiger partial charge in [0.25, 0.3) is 0 Å². The number of para-hydroxylation sites is 1. The summed E-state index contributed by atoms with van der Waals surface area (Å²) in [5.41, 5.74) is 8.07. The number of imidazole rings is 1. The summed E-state index contributed by atoms with van der Waals surface area (Å²) in [6.07, 6.45) is 4.50. The van der Waals surface area contributed by atoms with Crippen LogP contribution in [0.25, 0.3) is 11.0 Å². The Morgan fingerprint density at radius 2 is 2.10 bits per heavy atom. The molecule has 0 aliphatic heterocycles. The summed E-state index contributed by atoms with van der Waals surface area (Å²) >= 11 is 0. The zero-order valence-electron chi connectivity index (χ0n) is 12.7. The Morgan fingerprint density at radius 3 is 2.80 bits per heavy atom. The van der Waals surface area contributed by atoms with Crippen LogP contribution in [-0.4, -0.2) is 16.2 Å². The summed E-state index contributed by atoms with van der Waals surface area (Å²) in [4.78, 5) is 4.51. The fourth-order valence-corrected chi connectivity index (χ4v) is 2.53. The third kappa shape index (κ3) is 2.89. The molecule has 0 aliphatic carbocycles. The number of unbranched alkanes of at least 4 members (excludes halogenated alkanes) is 1. The lowest BCUT2D eigenvalue weighted by Gasteiger charge is -2.15. The van der Waals surface area contributed by atoms with E-state index in [0.29, 0.717) is 18.6 Å². The molecule has 4 heteroatoms. The number of nitrogens with two attached hydrogens (primary N) is 1. The molecule has 0 saturated heterocycles. The van der Waals surface area contributed by atoms with Crippen molar-refractivity contribution in [2.45, 2.75) is 52.5 Å². The summed E-state index contributed by atoms with van der Waals surface area (Å²) in [7, 11) is 0. The van der Waals surface area contributed by atoms with Crippen molar-refractivity contribution in [2.24, 2.45) is 0 Å². The van der Waals surface area contributed by atoms with Crippen LogP contribution in [0.1, 0.15) is 52.5 Å². The molecule has 0 fully saturated rings. The van der Waals surface area contributed by atoms with Crippen LogP contribution in [0.15, 0.2) is 18.2 Å². The maximum Gasteiger partial charge on any atom is 0.201 e. The molecule has 2 aromatic rings. The topological polar surface area (TPSA) is 53.1 Å². The number of hydrogen-bond donors (Lipinski definition) is 1. The highest BCUT2D eigenvalue weighted by molar-refractivity contribution is 5.84. The molecule has 0 bridgehead atoms. The van der Waals surface area contributed by atoms with Crippen molar-refractivity contribution in [3.05, 3.63) is 18.2 Å². The monoisotopic (exact) mass is 275 g/mol. The molecule has 1 heterocycles. The lowest BCUT2D eigenvalue weighted by atomic mass is 10.1. The van der Waals surface area contributed by atoms with E-state index in [1.807, 2.05) is 12.1 Å². The first-order chi connectivity index (χ1) is 9.69. The van der Waals surface area contributed by atoms with E-state index >= 15 is 0 Å². The van der Waals surface area contributed by atoms with Crippen LogP contribution in [0.4, 0.5) is 5.95 Å². The minimum atomic E-state index is 0.362. The van der Waals surface area contributed by atoms with Gasteiger partial charge in [-0.15, -0.1) is 0 Å². The third-order valence-corrected chi connectivity index (χ3v) is 3.59. The first kappa shape index (κ1) is 14.7. The predicted molar refractivity (Wildman–Crippen MR) is 84.2 cm³/mol. The molecule has 1 unspecified atom stereocenters. The molecule has 0 radical (unpaired) electrons. The minimum absolute atomic E-state index is 0.362. The van der Waals surface area contributed by atoms with Gasteiger partial charge in [0.15, 0.2) is 0 Å². The number of ether oxygens (including phenoxy) is 1. The Hall–Kier alpha value is -1.71. The first-order valence-electron chi connectivity index (χ1n) is 7.58. The molecule has 2 rings (SSSR count). The molecule has 1 atom stereocenters. The smallest absolute Gasteiger partial charge is 0.201 e. The van der Waals surface area contributed by atoms with Gasteiger partial charge < -0.3 is 15.0 Å². The zero-order chi connectivity index (χ0) is 14.5. The highest BCUT2D eigenvalue weighted by Gasteiger charge is 2.16. The number of rotatable bonds is 7. The molecule has 20 heavy (non-hydrogen) atoms. The Kier molecular flexibility index (Phi) is 4.88. The van der Waals surface area contributed by atoms with E-state index in [-0.39, 0.29) is 0 Å². The second-order valence-corrected chi connectivity index (χ2v) is 5.30. The summed E-state index contributed by atoms with van der Waals surface area (Å²) in [6, 6.07) is 6.41. The second kappa shape index (κ2) is 6.64. The molecule has 0 aliphatic rings. The van der Waals surface area contributed by atoms with Gasteiger partial charge in [-0.2, -0.15) is 0 Å². The number of aromatic nitrogens is 2. The number of fused-ring (bicyclic) bond motifs is 1. The molecule has 4 nitrogen and oxygen atoms in total. The van der Waals surface area contributed by atoms with E-state index < -0.39 is 0 Å². The third-order valence-electron chi connectivity index (χ3n) is 3.59. The maximum absolute atomic E-state index is 6.12. The highest BCUT2D eigenvalue weighted by Crippen LogP contribution is 2.31. The van der Waals surface area contributed by atoms with E-state index in [9.17, 15) is 0 Å². The molecule has 0 spiro atoms. The lowest BCUT2D eigenvalue weighted by Crippen LogP contribution is -2.08. The van der Waals surface area contributed by atoms with Crippen LogP contribution >= 0.6 is 0 Å². The average Bonchev–Trinajstić information content (AvgIpc) is 2.79. The van der Waals surface area contributed by atoms with E-state index in [4.69, 9.17) is 10.5 Å². The van der Waals surface area contributed by atoms with Crippen LogP contribution in [0.5, 0.6) is 5.75 Å². The fraction of sp³-hybridized carbons (Fsp3) is 0.562. The van der Waals surface area contributed by atoms with E-state index in [1.165, 1.54) is 12.8 Å². The summed E-state index contributed by atoms with van der Waals surface area (Å²) < 4.78 is 7.90. The Balaban J connectivity index is 2.38. The van der Waals surface area contributed by atoms with Crippen molar-refractivity contribution in [3.8, 4) is 5.75 Å². The lowest BCUT2D eigenvalue weighted by molar-refractivity contribution is 0.320. The summed E-state index contributed by atoms with van der Waals surface area (Å²) in [6.45, 7) is 7.21. The quantitative estimate of drug-likeness (QED) is 0.825. The van der Waals surface area contributed by atoms with E-state index in [2.05, 4.69) is 36.4 Å². The molecular weight excluding hydrogens is 250 g/mol. The van der Waals surface area contributed by atoms with Crippen LogP contribution in [-0.2, 0) is 0 Å². The number of anilines is 1. The molecule has 0 amide bonds. The molecule has 0 saturated carbocycles. The summed E-state index contributed by atoms with van der Waals surface area (Å²) in [5.74, 6) is 1.41. The van der Waals surface area contributed by atoms with Crippen molar-refractivity contribution >= 4 is 17.0 Å². The molecule has 1 aromatic carbocycles. The first-order valence-corrected chi connectivity index (χ1v) is 7.58. The van der Waals surface area contributed by atoms with Gasteiger partial charge in [0.2, 0.25) is 5.95 Å². The maximum atomic E-state index is 6.12. The van der Waals surface area contributed by atoms with Gasteiger partial charge in [-0.3, -0.25) is 0 Å². The highest BCUT2D eigenvalue weighted by atomic mass is 16.5. The van der Waals surface area contributed by atoms with E-state index in [0.717, 1.165) is 29.6 Å².